The van der Waals surface area contributed by atoms with E-state index in [2.05, 4.69) is 26.1 Å². The van der Waals surface area contributed by atoms with Gasteiger partial charge in [-0.1, -0.05) is 15.9 Å². The summed E-state index contributed by atoms with van der Waals surface area (Å²) < 4.78 is 2.94. The molecule has 0 bridgehead atoms. The Morgan fingerprint density at radius 3 is 2.74 bits per heavy atom. The molecule has 0 fully saturated rings. The van der Waals surface area contributed by atoms with E-state index in [1.165, 1.54) is 12.1 Å². The number of nitrogens with one attached hydrogen (secondary N) is 1. The van der Waals surface area contributed by atoms with Gasteiger partial charge in [0.1, 0.15) is 0 Å². The van der Waals surface area contributed by atoms with Crippen molar-refractivity contribution in [3.8, 4) is 11.4 Å². The molecule has 19 heavy (non-hydrogen) atoms. The van der Waals surface area contributed by atoms with E-state index in [-0.39, 0.29) is 11.7 Å². The molecule has 1 heterocycles. The molecule has 1 aromatic carbocycles. The van der Waals surface area contributed by atoms with Crippen LogP contribution >= 0.6 is 28.1 Å². The number of non-ortho nitro benzene ring substituents is 1. The number of H-pyrrole nitrogens is 1. The summed E-state index contributed by atoms with van der Waals surface area (Å²) in [4.78, 5) is 10.5. The molecule has 0 atom stereocenters. The molecular weight excluding hydrogens is 332 g/mol. The van der Waals surface area contributed by atoms with Crippen LogP contribution in [-0.2, 0) is 0 Å². The Hall–Kier alpha value is -1.54. The third kappa shape index (κ3) is 2.74. The second-order valence-corrected chi connectivity index (χ2v) is 5.57. The lowest BCUT2D eigenvalue weighted by atomic mass is 10.2. The summed E-state index contributed by atoms with van der Waals surface area (Å²) in [6.07, 6.45) is 0. The van der Waals surface area contributed by atoms with E-state index in [1.54, 1.807) is 6.07 Å². The molecule has 2 aromatic rings. The van der Waals surface area contributed by atoms with Gasteiger partial charge in [-0.2, -0.15) is 5.10 Å². The second kappa shape index (κ2) is 5.22. The first kappa shape index (κ1) is 13.9. The molecule has 0 spiro atoms. The number of rotatable bonds is 3. The molecule has 6 nitrogen and oxygen atoms in total. The molecule has 2 rings (SSSR count). The zero-order valence-corrected chi connectivity index (χ0v) is 12.7. The first-order valence-corrected chi connectivity index (χ1v) is 6.72. The fraction of sp³-hybridized carbons (Fsp3) is 0.273. The normalized spacial score (nSPS) is 10.9. The van der Waals surface area contributed by atoms with Gasteiger partial charge in [-0.25, -0.2) is 0 Å². The predicted octanol–water partition coefficient (Wildman–Crippen LogP) is 3.86. The summed E-state index contributed by atoms with van der Waals surface area (Å²) in [6.45, 7) is 3.95. The van der Waals surface area contributed by atoms with Crippen LogP contribution in [-0.4, -0.2) is 19.7 Å². The van der Waals surface area contributed by atoms with E-state index < -0.39 is 4.92 Å². The maximum Gasteiger partial charge on any atom is 0.271 e. The van der Waals surface area contributed by atoms with Crippen molar-refractivity contribution in [1.82, 2.24) is 14.8 Å². The highest BCUT2D eigenvalue weighted by atomic mass is 79.9. The molecule has 8 heteroatoms. The van der Waals surface area contributed by atoms with Crippen molar-refractivity contribution in [2.24, 2.45) is 0 Å². The van der Waals surface area contributed by atoms with E-state index in [0.29, 0.717) is 20.6 Å². The monoisotopic (exact) mass is 342 g/mol. The minimum Gasteiger partial charge on any atom is -0.298 e. The average molecular weight is 343 g/mol. The summed E-state index contributed by atoms with van der Waals surface area (Å²) >= 11 is 8.43. The minimum absolute atomic E-state index is 0.00796. The third-order valence-corrected chi connectivity index (χ3v) is 3.32. The van der Waals surface area contributed by atoms with Gasteiger partial charge in [-0.05, 0) is 32.1 Å². The van der Waals surface area contributed by atoms with Crippen LogP contribution in [0.2, 0.25) is 0 Å². The van der Waals surface area contributed by atoms with Crippen LogP contribution in [0.3, 0.4) is 0 Å². The van der Waals surface area contributed by atoms with Crippen molar-refractivity contribution in [2.45, 2.75) is 19.9 Å². The Balaban J connectivity index is 2.66. The number of halogens is 1. The van der Waals surface area contributed by atoms with Gasteiger partial charge in [-0.3, -0.25) is 19.8 Å². The van der Waals surface area contributed by atoms with Gasteiger partial charge in [0.15, 0.2) is 10.6 Å². The molecule has 0 aliphatic rings. The summed E-state index contributed by atoms with van der Waals surface area (Å²) in [7, 11) is 0. The molecule has 0 aliphatic carbocycles. The Morgan fingerprint density at radius 2 is 2.16 bits per heavy atom. The maximum atomic E-state index is 10.9. The van der Waals surface area contributed by atoms with E-state index >= 15 is 0 Å². The van der Waals surface area contributed by atoms with Crippen molar-refractivity contribution in [1.29, 1.82) is 0 Å². The van der Waals surface area contributed by atoms with E-state index in [0.717, 1.165) is 0 Å². The quantitative estimate of drug-likeness (QED) is 0.522. The first-order chi connectivity index (χ1) is 8.90. The van der Waals surface area contributed by atoms with Gasteiger partial charge < -0.3 is 0 Å². The van der Waals surface area contributed by atoms with Crippen LogP contribution in [0.25, 0.3) is 11.4 Å². The van der Waals surface area contributed by atoms with Gasteiger partial charge >= 0.3 is 0 Å². The van der Waals surface area contributed by atoms with Crippen molar-refractivity contribution in [2.75, 3.05) is 0 Å². The van der Waals surface area contributed by atoms with E-state index in [4.69, 9.17) is 12.2 Å². The summed E-state index contributed by atoms with van der Waals surface area (Å²) in [6, 6.07) is 4.81. The molecule has 0 saturated heterocycles. The Kier molecular flexibility index (Phi) is 3.81. The van der Waals surface area contributed by atoms with Crippen LogP contribution in [0.1, 0.15) is 19.9 Å². The number of hydrogen-bond acceptors (Lipinski definition) is 4. The highest BCUT2D eigenvalue weighted by Gasteiger charge is 2.16. The number of aromatic nitrogens is 3. The molecule has 0 radical (unpaired) electrons. The molecule has 0 amide bonds. The SMILES string of the molecule is CC(C)n1c(-c2cc(Br)cc([N+](=O)[O-])c2)n[nH]c1=S. The predicted molar refractivity (Wildman–Crippen MR) is 77.6 cm³/mol. The van der Waals surface area contributed by atoms with Gasteiger partial charge in [0.05, 0.1) is 4.92 Å². The van der Waals surface area contributed by atoms with Crippen molar-refractivity contribution >= 4 is 33.8 Å². The Bertz CT molecular complexity index is 692. The highest BCUT2D eigenvalue weighted by molar-refractivity contribution is 9.10. The minimum atomic E-state index is -0.435. The molecule has 1 N–H and O–H groups in total. The lowest BCUT2D eigenvalue weighted by molar-refractivity contribution is -0.384. The smallest absolute Gasteiger partial charge is 0.271 e. The lowest BCUT2D eigenvalue weighted by Gasteiger charge is -2.10. The summed E-state index contributed by atoms with van der Waals surface area (Å²) in [5.74, 6) is 0.587. The zero-order chi connectivity index (χ0) is 14.2. The van der Waals surface area contributed by atoms with Gasteiger partial charge in [0, 0.05) is 28.2 Å². The first-order valence-electron chi connectivity index (χ1n) is 5.52. The topological polar surface area (TPSA) is 76.8 Å². The van der Waals surface area contributed by atoms with Crippen LogP contribution in [0.4, 0.5) is 5.69 Å². The number of benzene rings is 1. The molecule has 1 aromatic heterocycles. The highest BCUT2D eigenvalue weighted by Crippen LogP contribution is 2.28. The van der Waals surface area contributed by atoms with E-state index in [9.17, 15) is 10.1 Å². The standard InChI is InChI=1S/C11H11BrN4O2S/c1-6(2)15-10(13-14-11(15)19)7-3-8(12)5-9(4-7)16(17)18/h3-6H,1-2H3,(H,14,19). The third-order valence-electron chi connectivity index (χ3n) is 2.57. The van der Waals surface area contributed by atoms with Crippen LogP contribution in [0.5, 0.6) is 0 Å². The van der Waals surface area contributed by atoms with Gasteiger partial charge in [0.2, 0.25) is 0 Å². The van der Waals surface area contributed by atoms with Crippen LogP contribution in [0, 0.1) is 14.9 Å². The summed E-state index contributed by atoms with van der Waals surface area (Å²) in [5, 5.41) is 17.8. The fourth-order valence-corrected chi connectivity index (χ4v) is 2.62. The van der Waals surface area contributed by atoms with Crippen molar-refractivity contribution in [3.63, 3.8) is 0 Å². The van der Waals surface area contributed by atoms with Crippen molar-refractivity contribution in [3.05, 3.63) is 37.6 Å². The van der Waals surface area contributed by atoms with Crippen molar-refractivity contribution < 1.29 is 4.92 Å². The molecular formula is C11H11BrN4O2S. The maximum absolute atomic E-state index is 10.9. The number of hydrogen-bond donors (Lipinski definition) is 1. The largest absolute Gasteiger partial charge is 0.298 e. The van der Waals surface area contributed by atoms with Gasteiger partial charge in [-0.15, -0.1) is 0 Å². The summed E-state index contributed by atoms with van der Waals surface area (Å²) in [5.41, 5.74) is 0.649. The zero-order valence-electron chi connectivity index (χ0n) is 10.3. The molecule has 100 valence electrons. The number of aromatic amines is 1. The Labute approximate surface area is 122 Å². The number of nitrogens with zero attached hydrogens (tertiary/aromatic N) is 3. The van der Waals surface area contributed by atoms with Crippen LogP contribution in [0.15, 0.2) is 22.7 Å². The fourth-order valence-electron chi connectivity index (χ4n) is 1.80. The van der Waals surface area contributed by atoms with Gasteiger partial charge in [0.25, 0.3) is 5.69 Å². The Morgan fingerprint density at radius 1 is 1.47 bits per heavy atom. The lowest BCUT2D eigenvalue weighted by Crippen LogP contribution is -2.03. The molecule has 0 aliphatic heterocycles. The average Bonchev–Trinajstić information content (AvgIpc) is 2.70. The second-order valence-electron chi connectivity index (χ2n) is 4.27. The molecule has 0 unspecified atom stereocenters. The van der Waals surface area contributed by atoms with Crippen LogP contribution < -0.4 is 0 Å². The van der Waals surface area contributed by atoms with E-state index in [1.807, 2.05) is 18.4 Å². The number of nitro groups is 1. The number of nitro benzene ring substituents is 1. The molecule has 0 saturated carbocycles.